The SMILES string of the molecule is CCN(CC)C(=O)CCCC(=O)Nc1ccccc1C(=O)NCCN. The number of nitrogens with zero attached hydrogens (tertiary/aromatic N) is 1. The van der Waals surface area contributed by atoms with Crippen molar-refractivity contribution in [3.05, 3.63) is 29.8 Å². The predicted molar refractivity (Wildman–Crippen MR) is 98.2 cm³/mol. The molecule has 0 bridgehead atoms. The average Bonchev–Trinajstić information content (AvgIpc) is 2.61. The molecule has 0 heterocycles. The minimum atomic E-state index is -0.280. The number of rotatable bonds is 10. The van der Waals surface area contributed by atoms with Gasteiger partial charge < -0.3 is 21.3 Å². The highest BCUT2D eigenvalue weighted by molar-refractivity contribution is 6.03. The minimum absolute atomic E-state index is 0.0550. The number of benzene rings is 1. The molecule has 0 aliphatic heterocycles. The molecule has 3 amide bonds. The third-order valence-electron chi connectivity index (χ3n) is 3.79. The molecule has 1 aromatic carbocycles. The maximum Gasteiger partial charge on any atom is 0.253 e. The van der Waals surface area contributed by atoms with E-state index in [1.165, 1.54) is 0 Å². The van der Waals surface area contributed by atoms with Crippen LogP contribution in [0.15, 0.2) is 24.3 Å². The number of para-hydroxylation sites is 1. The Kier molecular flexibility index (Phi) is 9.24. The van der Waals surface area contributed by atoms with E-state index >= 15 is 0 Å². The van der Waals surface area contributed by atoms with Gasteiger partial charge in [0, 0.05) is 39.0 Å². The van der Waals surface area contributed by atoms with E-state index in [4.69, 9.17) is 5.73 Å². The molecule has 0 radical (unpaired) electrons. The van der Waals surface area contributed by atoms with E-state index in [0.29, 0.717) is 50.3 Å². The van der Waals surface area contributed by atoms with E-state index in [0.717, 1.165) is 0 Å². The Morgan fingerprint density at radius 1 is 1.08 bits per heavy atom. The van der Waals surface area contributed by atoms with Crippen molar-refractivity contribution >= 4 is 23.4 Å². The number of carbonyl (C=O) groups excluding carboxylic acids is 3. The fourth-order valence-electron chi connectivity index (χ4n) is 2.42. The van der Waals surface area contributed by atoms with Crippen LogP contribution in [0.2, 0.25) is 0 Å². The molecule has 1 rings (SSSR count). The summed E-state index contributed by atoms with van der Waals surface area (Å²) >= 11 is 0. The minimum Gasteiger partial charge on any atom is -0.351 e. The summed E-state index contributed by atoms with van der Waals surface area (Å²) in [6, 6.07) is 6.80. The van der Waals surface area contributed by atoms with Crippen LogP contribution in [-0.2, 0) is 9.59 Å². The third-order valence-corrected chi connectivity index (χ3v) is 3.79. The average molecular weight is 348 g/mol. The van der Waals surface area contributed by atoms with Gasteiger partial charge in [-0.2, -0.15) is 0 Å². The van der Waals surface area contributed by atoms with Crippen LogP contribution in [0.4, 0.5) is 5.69 Å². The number of nitrogens with two attached hydrogens (primary N) is 1. The highest BCUT2D eigenvalue weighted by Gasteiger charge is 2.14. The van der Waals surface area contributed by atoms with E-state index in [1.807, 2.05) is 13.8 Å². The standard InChI is InChI=1S/C18H28N4O3/c1-3-22(4-2)17(24)11-7-10-16(23)21-15-9-6-5-8-14(15)18(25)20-13-12-19/h5-6,8-9H,3-4,7,10-13,19H2,1-2H3,(H,20,25)(H,21,23). The van der Waals surface area contributed by atoms with Crippen LogP contribution in [-0.4, -0.2) is 48.8 Å². The van der Waals surface area contributed by atoms with E-state index in [-0.39, 0.29) is 24.1 Å². The number of anilines is 1. The Morgan fingerprint density at radius 3 is 2.40 bits per heavy atom. The molecule has 0 aliphatic carbocycles. The van der Waals surface area contributed by atoms with Gasteiger partial charge in [-0.25, -0.2) is 0 Å². The van der Waals surface area contributed by atoms with Gasteiger partial charge in [-0.05, 0) is 32.4 Å². The summed E-state index contributed by atoms with van der Waals surface area (Å²) in [6.45, 7) is 5.93. The van der Waals surface area contributed by atoms with Crippen molar-refractivity contribution in [3.8, 4) is 0 Å². The maximum absolute atomic E-state index is 12.1. The van der Waals surface area contributed by atoms with Gasteiger partial charge in [0.15, 0.2) is 0 Å². The van der Waals surface area contributed by atoms with Gasteiger partial charge in [-0.1, -0.05) is 12.1 Å². The molecule has 4 N–H and O–H groups in total. The lowest BCUT2D eigenvalue weighted by molar-refractivity contribution is -0.131. The van der Waals surface area contributed by atoms with Gasteiger partial charge in [0.05, 0.1) is 11.3 Å². The van der Waals surface area contributed by atoms with E-state index in [1.54, 1.807) is 29.2 Å². The van der Waals surface area contributed by atoms with E-state index in [9.17, 15) is 14.4 Å². The lowest BCUT2D eigenvalue weighted by Gasteiger charge is -2.18. The Balaban J connectivity index is 2.55. The maximum atomic E-state index is 12.1. The second kappa shape index (κ2) is 11.2. The van der Waals surface area contributed by atoms with Crippen LogP contribution >= 0.6 is 0 Å². The third kappa shape index (κ3) is 6.93. The van der Waals surface area contributed by atoms with Crippen LogP contribution in [0.25, 0.3) is 0 Å². The van der Waals surface area contributed by atoms with Gasteiger partial charge in [0.2, 0.25) is 11.8 Å². The van der Waals surface area contributed by atoms with E-state index < -0.39 is 0 Å². The van der Waals surface area contributed by atoms with Gasteiger partial charge >= 0.3 is 0 Å². The number of amides is 3. The zero-order chi connectivity index (χ0) is 18.7. The summed E-state index contributed by atoms with van der Waals surface area (Å²) in [4.78, 5) is 37.9. The lowest BCUT2D eigenvalue weighted by Crippen LogP contribution is -2.30. The molecule has 7 heteroatoms. The van der Waals surface area contributed by atoms with Gasteiger partial charge in [-0.3, -0.25) is 14.4 Å². The summed E-state index contributed by atoms with van der Waals surface area (Å²) < 4.78 is 0. The van der Waals surface area contributed by atoms with Crippen LogP contribution in [0, 0.1) is 0 Å². The number of hydrogen-bond donors (Lipinski definition) is 3. The molecule has 0 fully saturated rings. The van der Waals surface area contributed by atoms with Crippen LogP contribution in [0.5, 0.6) is 0 Å². The molecule has 0 aromatic heterocycles. The van der Waals surface area contributed by atoms with E-state index in [2.05, 4.69) is 10.6 Å². The summed E-state index contributed by atoms with van der Waals surface area (Å²) in [7, 11) is 0. The van der Waals surface area contributed by atoms with Crippen LogP contribution in [0.3, 0.4) is 0 Å². The fraction of sp³-hybridized carbons (Fsp3) is 0.500. The zero-order valence-corrected chi connectivity index (χ0v) is 15.0. The molecule has 138 valence electrons. The van der Waals surface area contributed by atoms with Gasteiger partial charge in [0.1, 0.15) is 0 Å². The van der Waals surface area contributed by atoms with Crippen molar-refractivity contribution in [2.24, 2.45) is 5.73 Å². The zero-order valence-electron chi connectivity index (χ0n) is 15.0. The monoisotopic (exact) mass is 348 g/mol. The summed E-state index contributed by atoms with van der Waals surface area (Å²) in [6.07, 6.45) is 1.04. The van der Waals surface area contributed by atoms with Crippen LogP contribution in [0.1, 0.15) is 43.5 Å². The smallest absolute Gasteiger partial charge is 0.253 e. The fourth-order valence-corrected chi connectivity index (χ4v) is 2.42. The first-order valence-electron chi connectivity index (χ1n) is 8.68. The van der Waals surface area contributed by atoms with Crippen molar-refractivity contribution in [1.29, 1.82) is 0 Å². The molecular weight excluding hydrogens is 320 g/mol. The topological polar surface area (TPSA) is 105 Å². The van der Waals surface area contributed by atoms with Gasteiger partial charge in [-0.15, -0.1) is 0 Å². The highest BCUT2D eigenvalue weighted by atomic mass is 16.2. The first-order chi connectivity index (χ1) is 12.0. The number of hydrogen-bond acceptors (Lipinski definition) is 4. The van der Waals surface area contributed by atoms with Gasteiger partial charge in [0.25, 0.3) is 5.91 Å². The molecule has 0 unspecified atom stereocenters. The number of nitrogens with one attached hydrogen (secondary N) is 2. The molecule has 7 nitrogen and oxygen atoms in total. The summed E-state index contributed by atoms with van der Waals surface area (Å²) in [5.41, 5.74) is 6.23. The molecule has 0 aliphatic rings. The predicted octanol–water partition coefficient (Wildman–Crippen LogP) is 1.35. The van der Waals surface area contributed by atoms with Crippen molar-refractivity contribution in [3.63, 3.8) is 0 Å². The van der Waals surface area contributed by atoms with Crippen molar-refractivity contribution < 1.29 is 14.4 Å². The molecule has 1 aromatic rings. The lowest BCUT2D eigenvalue weighted by atomic mass is 10.1. The normalized spacial score (nSPS) is 10.2. The molecule has 25 heavy (non-hydrogen) atoms. The summed E-state index contributed by atoms with van der Waals surface area (Å²) in [5.74, 6) is -0.441. The van der Waals surface area contributed by atoms with Crippen molar-refractivity contribution in [2.45, 2.75) is 33.1 Å². The summed E-state index contributed by atoms with van der Waals surface area (Å²) in [5, 5.41) is 5.42. The largest absolute Gasteiger partial charge is 0.351 e. The molecule has 0 spiro atoms. The Morgan fingerprint density at radius 2 is 1.76 bits per heavy atom. The molecule has 0 saturated heterocycles. The van der Waals surface area contributed by atoms with Crippen molar-refractivity contribution in [1.82, 2.24) is 10.2 Å². The first kappa shape index (κ1) is 20.6. The number of carbonyl (C=O) groups is 3. The Bertz CT molecular complexity index is 585. The Labute approximate surface area is 148 Å². The molecule has 0 atom stereocenters. The molecular formula is C18H28N4O3. The molecule has 0 saturated carbocycles. The quantitative estimate of drug-likeness (QED) is 0.593. The van der Waals surface area contributed by atoms with Crippen LogP contribution < -0.4 is 16.4 Å². The first-order valence-corrected chi connectivity index (χ1v) is 8.68. The second-order valence-electron chi connectivity index (χ2n) is 5.56. The van der Waals surface area contributed by atoms with Crippen molar-refractivity contribution in [2.75, 3.05) is 31.5 Å². The highest BCUT2D eigenvalue weighted by Crippen LogP contribution is 2.15. The Hall–Kier alpha value is -2.41. The second-order valence-corrected chi connectivity index (χ2v) is 5.56.